The van der Waals surface area contributed by atoms with Gasteiger partial charge in [-0.1, -0.05) is 59.9 Å². The molecule has 0 saturated heterocycles. The Hall–Kier alpha value is -0.863. The van der Waals surface area contributed by atoms with Gasteiger partial charge in [0.1, 0.15) is 5.16 Å². The molecule has 154 valence electrons. The zero-order valence-corrected chi connectivity index (χ0v) is 20.8. The van der Waals surface area contributed by atoms with Gasteiger partial charge in [0.2, 0.25) is 0 Å². The second-order valence-corrected chi connectivity index (χ2v) is 14.5. The number of nitrogens with zero attached hydrogens (tertiary/aromatic N) is 2. The molecule has 0 aromatic heterocycles. The highest BCUT2D eigenvalue weighted by Crippen LogP contribution is 2.36. The van der Waals surface area contributed by atoms with E-state index in [4.69, 9.17) is 27.6 Å². The van der Waals surface area contributed by atoms with Crippen LogP contribution in [-0.4, -0.2) is 39.2 Å². The van der Waals surface area contributed by atoms with E-state index < -0.39 is 13.8 Å². The van der Waals surface area contributed by atoms with E-state index in [-0.39, 0.29) is 21.7 Å². The molecule has 9 heteroatoms. The number of halogens is 3. The first-order valence-corrected chi connectivity index (χ1v) is 13.5. The second kappa shape index (κ2) is 9.30. The van der Waals surface area contributed by atoms with E-state index in [0.29, 0.717) is 13.2 Å². The van der Waals surface area contributed by atoms with Crippen molar-refractivity contribution in [1.82, 2.24) is 5.32 Å². The molecule has 0 bridgehead atoms. The number of anilines is 1. The molecule has 0 saturated carbocycles. The molecule has 0 fully saturated rings. The van der Waals surface area contributed by atoms with Gasteiger partial charge < -0.3 is 14.6 Å². The fourth-order valence-electron chi connectivity index (χ4n) is 2.33. The lowest BCUT2D eigenvalue weighted by molar-refractivity contribution is -0.115. The van der Waals surface area contributed by atoms with Crippen LogP contribution >= 0.6 is 39.1 Å². The number of aliphatic imine (C=N–C) groups is 1. The highest BCUT2D eigenvalue weighted by molar-refractivity contribution is 9.10. The summed E-state index contributed by atoms with van der Waals surface area (Å²) in [7, 11) is -1.93. The van der Waals surface area contributed by atoms with E-state index in [1.807, 2.05) is 24.3 Å². The third-order valence-electron chi connectivity index (χ3n) is 5.07. The molecule has 1 aliphatic heterocycles. The van der Waals surface area contributed by atoms with Crippen LogP contribution < -0.4 is 10.2 Å². The average Bonchev–Trinajstić information content (AvgIpc) is 2.58. The van der Waals surface area contributed by atoms with E-state index in [9.17, 15) is 4.79 Å². The average molecular weight is 507 g/mol. The van der Waals surface area contributed by atoms with Crippen molar-refractivity contribution in [1.29, 1.82) is 0 Å². The minimum Gasteiger partial charge on any atom is -0.415 e. The number of carbonyl (C=O) groups excluding carboxylic acids is 1. The molecule has 1 aliphatic rings. The Balaban J connectivity index is 2.26. The molecule has 1 amide bonds. The van der Waals surface area contributed by atoms with Crippen LogP contribution in [0.1, 0.15) is 20.8 Å². The van der Waals surface area contributed by atoms with Crippen LogP contribution in [0.2, 0.25) is 18.1 Å². The highest BCUT2D eigenvalue weighted by atomic mass is 79.9. The lowest BCUT2D eigenvalue weighted by atomic mass is 10.2. The predicted octanol–water partition coefficient (Wildman–Crippen LogP) is 5.45. The molecular weight excluding hydrogens is 481 g/mol. The van der Waals surface area contributed by atoms with Crippen molar-refractivity contribution in [3.05, 3.63) is 39.5 Å². The SMILES string of the molecule is CC(C)(C)[Si](C)(C)OCCN(C(=O)C1=C(Cl)NC=NC1Cl)c1ccc(Br)cc1. The van der Waals surface area contributed by atoms with Crippen LogP contribution in [0, 0.1) is 0 Å². The molecule has 2 rings (SSSR count). The van der Waals surface area contributed by atoms with Gasteiger partial charge in [0.05, 0.1) is 18.5 Å². The normalized spacial score (nSPS) is 17.5. The minimum absolute atomic E-state index is 0.0918. The molecule has 0 aliphatic carbocycles. The number of hydrogen-bond donors (Lipinski definition) is 1. The van der Waals surface area contributed by atoms with Gasteiger partial charge in [0, 0.05) is 16.7 Å². The Morgan fingerprint density at radius 1 is 1.32 bits per heavy atom. The van der Waals surface area contributed by atoms with E-state index >= 15 is 0 Å². The standard InChI is InChI=1S/C19H26BrCl2N3O2Si/c1-19(2,3)28(4,5)27-11-10-25(14-8-6-13(20)7-9-14)18(26)15-16(21)23-12-24-17(15)22/h6-9,12,16H,10-11H2,1-5H3,(H,23,24). The molecule has 5 nitrogen and oxygen atoms in total. The van der Waals surface area contributed by atoms with Gasteiger partial charge in [-0.25, -0.2) is 0 Å². The molecular formula is C19H26BrCl2N3O2Si. The first-order valence-electron chi connectivity index (χ1n) is 8.97. The zero-order valence-electron chi connectivity index (χ0n) is 16.7. The van der Waals surface area contributed by atoms with Gasteiger partial charge >= 0.3 is 0 Å². The van der Waals surface area contributed by atoms with Crippen molar-refractivity contribution < 1.29 is 9.22 Å². The quantitative estimate of drug-likeness (QED) is 0.317. The number of hydrogen-bond acceptors (Lipinski definition) is 4. The fourth-order valence-corrected chi connectivity index (χ4v) is 4.18. The molecule has 28 heavy (non-hydrogen) atoms. The fraction of sp³-hybridized carbons (Fsp3) is 0.474. The lowest BCUT2D eigenvalue weighted by Gasteiger charge is -2.37. The van der Waals surface area contributed by atoms with Gasteiger partial charge in [0.15, 0.2) is 13.8 Å². The summed E-state index contributed by atoms with van der Waals surface area (Å²) in [5.74, 6) is -0.296. The third kappa shape index (κ3) is 5.60. The topological polar surface area (TPSA) is 53.9 Å². The van der Waals surface area contributed by atoms with Gasteiger partial charge in [-0.15, -0.1) is 0 Å². The Morgan fingerprint density at radius 2 is 1.93 bits per heavy atom. The summed E-state index contributed by atoms with van der Waals surface area (Å²) in [6, 6.07) is 7.50. The first kappa shape index (κ1) is 23.4. The smallest absolute Gasteiger partial charge is 0.260 e. The number of alkyl halides is 1. The van der Waals surface area contributed by atoms with Crippen LogP contribution in [0.15, 0.2) is 44.5 Å². The van der Waals surface area contributed by atoms with Gasteiger partial charge in [0.25, 0.3) is 5.91 Å². The molecule has 1 aromatic rings. The summed E-state index contributed by atoms with van der Waals surface area (Å²) in [5.41, 5.74) is 0.129. The van der Waals surface area contributed by atoms with Crippen molar-refractivity contribution in [3.8, 4) is 0 Å². The van der Waals surface area contributed by atoms with Crippen molar-refractivity contribution in [2.24, 2.45) is 4.99 Å². The molecule has 0 spiro atoms. The number of rotatable bonds is 6. The molecule has 1 heterocycles. The maximum atomic E-state index is 13.3. The minimum atomic E-state index is -1.93. The van der Waals surface area contributed by atoms with Crippen LogP contribution in [0.3, 0.4) is 0 Å². The maximum absolute atomic E-state index is 13.3. The maximum Gasteiger partial charge on any atom is 0.260 e. The summed E-state index contributed by atoms with van der Waals surface area (Å²) < 4.78 is 7.20. The predicted molar refractivity (Wildman–Crippen MR) is 124 cm³/mol. The first-order chi connectivity index (χ1) is 12.9. The summed E-state index contributed by atoms with van der Waals surface area (Å²) >= 11 is 15.9. The summed E-state index contributed by atoms with van der Waals surface area (Å²) in [5, 5.41) is 3.03. The molecule has 0 radical (unpaired) electrons. The number of benzene rings is 1. The van der Waals surface area contributed by atoms with Crippen LogP contribution in [0.25, 0.3) is 0 Å². The molecule has 1 unspecified atom stereocenters. The highest BCUT2D eigenvalue weighted by Gasteiger charge is 2.37. The van der Waals surface area contributed by atoms with E-state index in [1.165, 1.54) is 6.34 Å². The summed E-state index contributed by atoms with van der Waals surface area (Å²) in [6.45, 7) is 11.7. The van der Waals surface area contributed by atoms with Crippen molar-refractivity contribution in [3.63, 3.8) is 0 Å². The van der Waals surface area contributed by atoms with Crippen molar-refractivity contribution >= 4 is 65.4 Å². The monoisotopic (exact) mass is 505 g/mol. The lowest BCUT2D eigenvalue weighted by Crippen LogP contribution is -2.44. The van der Waals surface area contributed by atoms with Crippen molar-refractivity contribution in [2.45, 2.75) is 44.4 Å². The van der Waals surface area contributed by atoms with Crippen LogP contribution in [-0.2, 0) is 9.22 Å². The number of nitrogens with one attached hydrogen (secondary N) is 1. The molecule has 1 atom stereocenters. The van der Waals surface area contributed by atoms with Crippen LogP contribution in [0.4, 0.5) is 5.69 Å². The molecule has 1 N–H and O–H groups in total. The van der Waals surface area contributed by atoms with Crippen molar-refractivity contribution in [2.75, 3.05) is 18.1 Å². The zero-order chi connectivity index (χ0) is 21.1. The summed E-state index contributed by atoms with van der Waals surface area (Å²) in [4.78, 5) is 19.0. The van der Waals surface area contributed by atoms with Gasteiger partial charge in [-0.05, 0) is 42.4 Å². The number of carbonyl (C=O) groups is 1. The summed E-state index contributed by atoms with van der Waals surface area (Å²) in [6.07, 6.45) is 1.39. The van der Waals surface area contributed by atoms with Gasteiger partial charge in [-0.3, -0.25) is 9.79 Å². The largest absolute Gasteiger partial charge is 0.415 e. The second-order valence-electron chi connectivity index (χ2n) is 8.03. The van der Waals surface area contributed by atoms with E-state index in [2.05, 4.69) is 60.1 Å². The van der Waals surface area contributed by atoms with E-state index in [1.54, 1.807) is 4.90 Å². The van der Waals surface area contributed by atoms with Crippen LogP contribution in [0.5, 0.6) is 0 Å². The third-order valence-corrected chi connectivity index (χ3v) is 10.8. The molecule has 1 aromatic carbocycles. The Kier molecular flexibility index (Phi) is 7.78. The van der Waals surface area contributed by atoms with Gasteiger partial charge in [-0.2, -0.15) is 0 Å². The number of amides is 1. The Morgan fingerprint density at radius 3 is 2.46 bits per heavy atom. The Labute approximate surface area is 186 Å². The van der Waals surface area contributed by atoms with E-state index in [0.717, 1.165) is 10.2 Å². The Bertz CT molecular complexity index is 776.